The van der Waals surface area contributed by atoms with Crippen LogP contribution in [0.5, 0.6) is 17.2 Å². The predicted octanol–water partition coefficient (Wildman–Crippen LogP) is 7.99. The van der Waals surface area contributed by atoms with Gasteiger partial charge in [-0.25, -0.2) is 4.79 Å². The van der Waals surface area contributed by atoms with Crippen LogP contribution in [0.2, 0.25) is 0 Å². The van der Waals surface area contributed by atoms with Gasteiger partial charge in [-0.2, -0.15) is 0 Å². The van der Waals surface area contributed by atoms with Crippen molar-refractivity contribution in [2.45, 2.75) is 57.5 Å². The summed E-state index contributed by atoms with van der Waals surface area (Å²) < 4.78 is 23.4. The third-order valence-corrected chi connectivity index (χ3v) is 9.34. The van der Waals surface area contributed by atoms with E-state index in [1.165, 1.54) is 55.7 Å². The van der Waals surface area contributed by atoms with Gasteiger partial charge in [-0.1, -0.05) is 36.4 Å². The summed E-state index contributed by atoms with van der Waals surface area (Å²) >= 11 is 0. The highest BCUT2D eigenvalue weighted by Gasteiger charge is 2.52. The van der Waals surface area contributed by atoms with E-state index in [9.17, 15) is 4.79 Å². The molecule has 4 aliphatic carbocycles. The quantitative estimate of drug-likeness (QED) is 0.188. The summed E-state index contributed by atoms with van der Waals surface area (Å²) in [5.74, 6) is 4.47. The molecule has 0 aromatic heterocycles. The van der Waals surface area contributed by atoms with E-state index in [1.54, 1.807) is 27.2 Å². The van der Waals surface area contributed by atoms with Crippen molar-refractivity contribution in [3.8, 4) is 28.4 Å². The van der Waals surface area contributed by atoms with Crippen molar-refractivity contribution in [3.05, 3.63) is 83.4 Å². The first-order valence-corrected chi connectivity index (χ1v) is 14.9. The second kappa shape index (κ2) is 11.6. The molecule has 3 aromatic carbocycles. The SMILES string of the molecule is CCOC(=O)/C=C/c1cc(OC)c(-c2ccc(OCc3ccccc3)c(C34CC5CC(CC(C5)C3)C4)c2)c(OC)c1. The lowest BCUT2D eigenvalue weighted by molar-refractivity contribution is -0.137. The molecule has 5 heteroatoms. The number of ether oxygens (including phenoxy) is 4. The molecule has 0 heterocycles. The van der Waals surface area contributed by atoms with Crippen LogP contribution in [0.1, 0.15) is 62.1 Å². The zero-order valence-electron chi connectivity index (χ0n) is 24.4. The first-order valence-electron chi connectivity index (χ1n) is 14.9. The Morgan fingerprint density at radius 1 is 0.854 bits per heavy atom. The zero-order valence-corrected chi connectivity index (χ0v) is 24.4. The molecule has 0 spiro atoms. The third-order valence-electron chi connectivity index (χ3n) is 9.34. The largest absolute Gasteiger partial charge is 0.496 e. The lowest BCUT2D eigenvalue weighted by Gasteiger charge is -2.57. The van der Waals surface area contributed by atoms with E-state index >= 15 is 0 Å². The molecule has 0 radical (unpaired) electrons. The Morgan fingerprint density at radius 2 is 1.49 bits per heavy atom. The topological polar surface area (TPSA) is 54.0 Å². The van der Waals surface area contributed by atoms with Crippen molar-refractivity contribution in [1.29, 1.82) is 0 Å². The van der Waals surface area contributed by atoms with Crippen LogP contribution in [0.15, 0.2) is 66.7 Å². The van der Waals surface area contributed by atoms with Crippen LogP contribution in [0.25, 0.3) is 17.2 Å². The summed E-state index contributed by atoms with van der Waals surface area (Å²) in [4.78, 5) is 11.9. The molecular formula is C36H40O5. The number of hydrogen-bond acceptors (Lipinski definition) is 5. The Balaban J connectivity index is 1.41. The summed E-state index contributed by atoms with van der Waals surface area (Å²) in [7, 11) is 3.35. The average Bonchev–Trinajstić information content (AvgIpc) is 2.98. The van der Waals surface area contributed by atoms with Crippen LogP contribution in [-0.4, -0.2) is 26.8 Å². The van der Waals surface area contributed by atoms with Crippen molar-refractivity contribution in [2.24, 2.45) is 17.8 Å². The summed E-state index contributed by atoms with van der Waals surface area (Å²) in [6.07, 6.45) is 11.1. The maximum atomic E-state index is 11.9. The molecule has 0 atom stereocenters. The minimum Gasteiger partial charge on any atom is -0.496 e. The molecule has 0 saturated heterocycles. The minimum absolute atomic E-state index is 0.152. The molecule has 4 bridgehead atoms. The smallest absolute Gasteiger partial charge is 0.330 e. The summed E-state index contributed by atoms with van der Waals surface area (Å²) in [6.45, 7) is 2.68. The molecule has 4 aliphatic rings. The number of carbonyl (C=O) groups is 1. The highest BCUT2D eigenvalue weighted by atomic mass is 16.5. The van der Waals surface area contributed by atoms with E-state index in [-0.39, 0.29) is 11.4 Å². The van der Waals surface area contributed by atoms with E-state index in [1.807, 2.05) is 18.2 Å². The maximum absolute atomic E-state index is 11.9. The second-order valence-electron chi connectivity index (χ2n) is 12.1. The van der Waals surface area contributed by atoms with Crippen LogP contribution in [0.3, 0.4) is 0 Å². The standard InChI is InChI=1S/C36H40O5/c1-4-40-34(37)13-10-25-17-32(38-2)35(33(18-25)39-3)29-11-12-31(41-23-24-8-6-5-7-9-24)30(19-29)36-20-26-14-27(21-36)16-28(15-26)22-36/h5-13,17-19,26-28H,4,14-16,20-23H2,1-3H3/b13-10+. The molecule has 41 heavy (non-hydrogen) atoms. The Hall–Kier alpha value is -3.73. The van der Waals surface area contributed by atoms with Gasteiger partial charge in [0, 0.05) is 11.6 Å². The molecule has 0 N–H and O–H groups in total. The number of carbonyl (C=O) groups excluding carboxylic acids is 1. The maximum Gasteiger partial charge on any atom is 0.330 e. The van der Waals surface area contributed by atoms with Crippen molar-refractivity contribution >= 4 is 12.0 Å². The first-order chi connectivity index (χ1) is 20.0. The second-order valence-corrected chi connectivity index (χ2v) is 12.1. The minimum atomic E-state index is -0.374. The van der Waals surface area contributed by atoms with E-state index in [4.69, 9.17) is 18.9 Å². The third kappa shape index (κ3) is 5.59. The van der Waals surface area contributed by atoms with Gasteiger partial charge in [0.2, 0.25) is 0 Å². The monoisotopic (exact) mass is 552 g/mol. The van der Waals surface area contributed by atoms with Gasteiger partial charge in [-0.15, -0.1) is 0 Å². The van der Waals surface area contributed by atoms with E-state index in [0.717, 1.165) is 40.2 Å². The fraction of sp³-hybridized carbons (Fsp3) is 0.417. The van der Waals surface area contributed by atoms with Gasteiger partial charge in [0.15, 0.2) is 0 Å². The number of esters is 1. The van der Waals surface area contributed by atoms with Crippen molar-refractivity contribution in [3.63, 3.8) is 0 Å². The van der Waals surface area contributed by atoms with Crippen LogP contribution < -0.4 is 14.2 Å². The Morgan fingerprint density at radius 3 is 2.07 bits per heavy atom. The van der Waals surface area contributed by atoms with Crippen molar-refractivity contribution < 1.29 is 23.7 Å². The first kappa shape index (κ1) is 27.4. The van der Waals surface area contributed by atoms with Gasteiger partial charge >= 0.3 is 5.97 Å². The van der Waals surface area contributed by atoms with Crippen molar-refractivity contribution in [1.82, 2.24) is 0 Å². The molecule has 4 fully saturated rings. The van der Waals surface area contributed by atoms with Crippen LogP contribution in [0.4, 0.5) is 0 Å². The normalized spacial score (nSPS) is 24.4. The zero-order chi connectivity index (χ0) is 28.4. The van der Waals surface area contributed by atoms with Crippen LogP contribution >= 0.6 is 0 Å². The van der Waals surface area contributed by atoms with Gasteiger partial charge in [0.05, 0.1) is 26.4 Å². The molecule has 7 rings (SSSR count). The van der Waals surface area contributed by atoms with Gasteiger partial charge < -0.3 is 18.9 Å². The predicted molar refractivity (Wildman–Crippen MR) is 161 cm³/mol. The molecule has 0 unspecified atom stereocenters. The summed E-state index contributed by atoms with van der Waals surface area (Å²) in [6, 6.07) is 20.9. The highest BCUT2D eigenvalue weighted by Crippen LogP contribution is 2.62. The van der Waals surface area contributed by atoms with Crippen LogP contribution in [-0.2, 0) is 21.6 Å². The van der Waals surface area contributed by atoms with Gasteiger partial charge in [0.25, 0.3) is 0 Å². The lowest BCUT2D eigenvalue weighted by Crippen LogP contribution is -2.48. The van der Waals surface area contributed by atoms with E-state index in [2.05, 4.69) is 42.5 Å². The number of benzene rings is 3. The van der Waals surface area contributed by atoms with E-state index in [0.29, 0.717) is 24.7 Å². The average molecular weight is 553 g/mol. The number of rotatable bonds is 10. The Labute approximate surface area is 243 Å². The lowest BCUT2D eigenvalue weighted by atomic mass is 9.48. The number of hydrogen-bond donors (Lipinski definition) is 0. The van der Waals surface area contributed by atoms with Gasteiger partial charge in [-0.05, 0) is 116 Å². The van der Waals surface area contributed by atoms with Crippen LogP contribution in [0, 0.1) is 17.8 Å². The Bertz CT molecular complexity index is 1360. The summed E-state index contributed by atoms with van der Waals surface area (Å²) in [5, 5.41) is 0. The highest BCUT2D eigenvalue weighted by molar-refractivity contribution is 5.88. The van der Waals surface area contributed by atoms with E-state index < -0.39 is 0 Å². The number of methoxy groups -OCH3 is 2. The van der Waals surface area contributed by atoms with Gasteiger partial charge in [-0.3, -0.25) is 0 Å². The molecule has 4 saturated carbocycles. The molecule has 0 aliphatic heterocycles. The molecule has 5 nitrogen and oxygen atoms in total. The molecule has 3 aromatic rings. The molecule has 0 amide bonds. The molecular weight excluding hydrogens is 512 g/mol. The Kier molecular flexibility index (Phi) is 7.79. The van der Waals surface area contributed by atoms with Crippen molar-refractivity contribution in [2.75, 3.05) is 20.8 Å². The van der Waals surface area contributed by atoms with Gasteiger partial charge in [0.1, 0.15) is 23.9 Å². The fourth-order valence-electron chi connectivity index (χ4n) is 8.07. The molecule has 214 valence electrons. The fourth-order valence-corrected chi connectivity index (χ4v) is 8.07. The summed E-state index contributed by atoms with van der Waals surface area (Å²) in [5.41, 5.74) is 5.42.